The molecule has 0 aromatic carbocycles. The smallest absolute Gasteiger partial charge is 0.246 e. The zero-order valence-electron chi connectivity index (χ0n) is 51.2. The van der Waals surface area contributed by atoms with Gasteiger partial charge in [-0.25, -0.2) is 9.97 Å². The summed E-state index contributed by atoms with van der Waals surface area (Å²) in [6.07, 6.45) is 28.4. The van der Waals surface area contributed by atoms with Crippen molar-refractivity contribution in [2.45, 2.75) is 255 Å². The van der Waals surface area contributed by atoms with E-state index in [1.165, 1.54) is 91.6 Å². The Morgan fingerprint density at radius 2 is 1.02 bits per heavy atom. The predicted molar refractivity (Wildman–Crippen MR) is 323 cm³/mol. The number of primary amides is 1. The van der Waals surface area contributed by atoms with E-state index in [0.29, 0.717) is 82.9 Å². The quantitative estimate of drug-likeness (QED) is 0.0426. The van der Waals surface area contributed by atoms with Gasteiger partial charge in [0.1, 0.15) is 36.3 Å². The average Bonchev–Trinajstić information content (AvgIpc) is 3.97. The second-order valence-electron chi connectivity index (χ2n) is 24.2. The van der Waals surface area contributed by atoms with Gasteiger partial charge in [-0.15, -0.1) is 0 Å². The van der Waals surface area contributed by atoms with E-state index in [1.54, 1.807) is 12.4 Å². The van der Waals surface area contributed by atoms with Crippen LogP contribution in [0.5, 0.6) is 0 Å². The molecule has 5 rings (SSSR count). The van der Waals surface area contributed by atoms with E-state index in [0.717, 1.165) is 25.0 Å². The topological polar surface area (TPSA) is 359 Å². The van der Waals surface area contributed by atoms with Crippen molar-refractivity contribution in [1.82, 2.24) is 61.2 Å². The Bertz CT molecular complexity index is 2370. The van der Waals surface area contributed by atoms with Crippen molar-refractivity contribution in [3.8, 4) is 0 Å². The van der Waals surface area contributed by atoms with Crippen molar-refractivity contribution < 1.29 is 43.2 Å². The Morgan fingerprint density at radius 3 is 1.55 bits per heavy atom. The van der Waals surface area contributed by atoms with E-state index in [1.807, 2.05) is 13.8 Å². The number of amides is 9. The Kier molecular flexibility index (Phi) is 30.9. The zero-order chi connectivity index (χ0) is 61.5. The van der Waals surface area contributed by atoms with Gasteiger partial charge in [-0.2, -0.15) is 0 Å². The molecule has 476 valence electrons. The molecule has 8 atom stereocenters. The number of rotatable bonds is 41. The maximum Gasteiger partial charge on any atom is 0.246 e. The molecule has 0 bridgehead atoms. The fourth-order valence-electron chi connectivity index (χ4n) is 11.9. The summed E-state index contributed by atoms with van der Waals surface area (Å²) < 4.78 is 0. The number of unbranched alkanes of at least 4 members (excludes halogenated alkanes) is 14. The summed E-state index contributed by atoms with van der Waals surface area (Å²) in [5.74, 6) is -4.01. The number of aromatic nitrogens is 4. The predicted octanol–water partition coefficient (Wildman–Crippen LogP) is 3.59. The highest BCUT2D eigenvalue weighted by Crippen LogP contribution is 2.30. The largest absolute Gasteiger partial charge is 0.368 e. The van der Waals surface area contributed by atoms with E-state index in [4.69, 9.17) is 17.2 Å². The van der Waals surface area contributed by atoms with Crippen LogP contribution in [0.15, 0.2) is 25.0 Å². The van der Waals surface area contributed by atoms with Gasteiger partial charge < -0.3 is 68.5 Å². The molecule has 0 spiro atoms. The molecule has 3 aliphatic rings. The number of nitrogens with zero attached hydrogens (tertiary/aromatic N) is 5. The van der Waals surface area contributed by atoms with Crippen molar-refractivity contribution in [2.24, 2.45) is 23.1 Å². The molecule has 13 N–H and O–H groups in total. The van der Waals surface area contributed by atoms with Crippen LogP contribution >= 0.6 is 0 Å². The highest BCUT2D eigenvalue weighted by molar-refractivity contribution is 5.98. The number of aromatic amines is 2. The van der Waals surface area contributed by atoms with Crippen molar-refractivity contribution in [1.29, 1.82) is 0 Å². The van der Waals surface area contributed by atoms with Crippen LogP contribution in [-0.2, 0) is 56.0 Å². The molecule has 0 aliphatic carbocycles. The van der Waals surface area contributed by atoms with E-state index in [2.05, 4.69) is 53.4 Å². The second-order valence-corrected chi connectivity index (χ2v) is 24.2. The number of nitrogens with one attached hydrogen (secondary N) is 7. The van der Waals surface area contributed by atoms with Crippen LogP contribution < -0.4 is 43.8 Å². The van der Waals surface area contributed by atoms with Crippen LogP contribution in [0.4, 0.5) is 0 Å². The lowest BCUT2D eigenvalue weighted by Crippen LogP contribution is -2.59. The summed E-state index contributed by atoms with van der Waals surface area (Å²) in [5.41, 5.74) is 19.5. The molecule has 3 saturated heterocycles. The summed E-state index contributed by atoms with van der Waals surface area (Å²) in [6, 6.07) is -7.63. The monoisotopic (exact) mass is 1190 g/mol. The molecule has 24 nitrogen and oxygen atoms in total. The third-order valence-corrected chi connectivity index (χ3v) is 16.7. The highest BCUT2D eigenvalue weighted by atomic mass is 16.2. The summed E-state index contributed by atoms with van der Waals surface area (Å²) in [4.78, 5) is 142. The minimum absolute atomic E-state index is 0.00894. The number of H-pyrrole nitrogens is 2. The first-order chi connectivity index (χ1) is 41.0. The van der Waals surface area contributed by atoms with Gasteiger partial charge in [-0.05, 0) is 95.8 Å². The average molecular weight is 1190 g/mol. The van der Waals surface area contributed by atoms with E-state index < -0.39 is 77.9 Å². The first kappa shape index (κ1) is 69.3. The summed E-state index contributed by atoms with van der Waals surface area (Å²) in [5, 5.41) is 14.3. The Morgan fingerprint density at radius 1 is 0.553 bits per heavy atom. The Balaban J connectivity index is 1.10. The zero-order valence-corrected chi connectivity index (χ0v) is 51.2. The maximum absolute atomic E-state index is 14.7. The fourth-order valence-corrected chi connectivity index (χ4v) is 11.9. The third-order valence-electron chi connectivity index (χ3n) is 16.7. The molecule has 5 heterocycles. The maximum atomic E-state index is 14.7. The SMILES string of the molecule is CCCCCCCCCCCCCCCC(=O)NCCCC[C@H](NC(=O)[C@@H]1CCCN1C(=O)[C@@H]1CCCN1C(=O)[C@@H]1CCCN1C(=O)[C@H](CC(C)C)NC(=O)[C@H](CCCCNC(=O)[C@@H](N)Cc1cnc[nH]1)NC(=O)[C@@H](N)Cc1cnc[nH]1)C(N)=O. The molecule has 0 radical (unpaired) electrons. The lowest BCUT2D eigenvalue weighted by molar-refractivity contribution is -0.151. The molecule has 3 fully saturated rings. The molecular weight excluding hydrogens is 1090 g/mol. The first-order valence-corrected chi connectivity index (χ1v) is 32.1. The molecule has 9 amide bonds. The highest BCUT2D eigenvalue weighted by Gasteiger charge is 2.47. The lowest BCUT2D eigenvalue weighted by atomic mass is 10.0. The number of likely N-dealkylation sites (tertiary alicyclic amines) is 3. The minimum atomic E-state index is -1.11. The molecule has 3 aliphatic heterocycles. The number of imidazole rings is 2. The van der Waals surface area contributed by atoms with Crippen molar-refractivity contribution in [3.63, 3.8) is 0 Å². The van der Waals surface area contributed by atoms with Gasteiger partial charge in [-0.3, -0.25) is 43.2 Å². The number of carbonyl (C=O) groups excluding carboxylic acids is 9. The molecule has 0 saturated carbocycles. The van der Waals surface area contributed by atoms with Crippen LogP contribution in [0.3, 0.4) is 0 Å². The van der Waals surface area contributed by atoms with Gasteiger partial charge in [-0.1, -0.05) is 97.8 Å². The van der Waals surface area contributed by atoms with Gasteiger partial charge in [0.15, 0.2) is 0 Å². The van der Waals surface area contributed by atoms with Gasteiger partial charge in [0.05, 0.1) is 24.7 Å². The molecule has 2 aromatic heterocycles. The minimum Gasteiger partial charge on any atom is -0.368 e. The van der Waals surface area contributed by atoms with Gasteiger partial charge >= 0.3 is 0 Å². The van der Waals surface area contributed by atoms with E-state index in [9.17, 15) is 43.2 Å². The van der Waals surface area contributed by atoms with Crippen LogP contribution in [-0.4, -0.2) is 169 Å². The molecule has 85 heavy (non-hydrogen) atoms. The third kappa shape index (κ3) is 23.8. The van der Waals surface area contributed by atoms with Crippen molar-refractivity contribution in [2.75, 3.05) is 32.7 Å². The number of hydrogen-bond donors (Lipinski definition) is 10. The number of nitrogens with two attached hydrogens (primary N) is 3. The van der Waals surface area contributed by atoms with Crippen LogP contribution in [0.25, 0.3) is 0 Å². The van der Waals surface area contributed by atoms with E-state index in [-0.39, 0.29) is 87.8 Å². The van der Waals surface area contributed by atoms with Gasteiger partial charge in [0, 0.05) is 75.8 Å². The number of hydrogen-bond acceptors (Lipinski definition) is 13. The van der Waals surface area contributed by atoms with Crippen molar-refractivity contribution in [3.05, 3.63) is 36.4 Å². The molecule has 24 heteroatoms. The lowest BCUT2D eigenvalue weighted by Gasteiger charge is -2.35. The van der Waals surface area contributed by atoms with Gasteiger partial charge in [0.25, 0.3) is 0 Å². The Hall–Kier alpha value is -6.43. The molecule has 2 aromatic rings. The standard InChI is InChI=1S/C61H103N15O9/c1-4-5-6-7-8-9-10-11-12-13-14-15-16-29-53(77)67-30-19-17-24-47(54(64)78)71-58(82)50-26-21-32-74(50)60(84)52-28-23-34-76(52)61(85)51-27-22-33-75(51)59(83)49(35-42(2)3)73-57(81)48(72-56(80)46(63)37-44-39-66-41-70-44)25-18-20-31-68-55(79)45(62)36-43-38-65-40-69-43/h38-42,45-52H,4-37,62-63H2,1-3H3,(H2,64,78)(H,65,69)(H,66,70)(H,67,77)(H,68,79)(H,71,82)(H,72,80)(H,73,81)/t45-,46-,47-,48-,49-,50-,51-,52-/m0/s1. The van der Waals surface area contributed by atoms with Gasteiger partial charge in [0.2, 0.25) is 53.2 Å². The first-order valence-electron chi connectivity index (χ1n) is 32.1. The molecule has 0 unspecified atom stereocenters. The Labute approximate surface area is 503 Å². The second kappa shape index (κ2) is 37.9. The summed E-state index contributed by atoms with van der Waals surface area (Å²) >= 11 is 0. The van der Waals surface area contributed by atoms with Crippen LogP contribution in [0.1, 0.15) is 206 Å². The summed E-state index contributed by atoms with van der Waals surface area (Å²) in [6.45, 7) is 7.58. The fraction of sp³-hybridized carbons (Fsp3) is 0.754. The van der Waals surface area contributed by atoms with E-state index >= 15 is 0 Å². The number of carbonyl (C=O) groups is 9. The van der Waals surface area contributed by atoms with Crippen molar-refractivity contribution >= 4 is 53.2 Å². The van der Waals surface area contributed by atoms with Crippen LogP contribution in [0.2, 0.25) is 0 Å². The van der Waals surface area contributed by atoms with Crippen LogP contribution in [0, 0.1) is 5.92 Å². The molecular formula is C61H103N15O9. The summed E-state index contributed by atoms with van der Waals surface area (Å²) in [7, 11) is 0. The normalized spacial score (nSPS) is 18.6.